The number of hydrogen-bond acceptors (Lipinski definition) is 2. The van der Waals surface area contributed by atoms with Crippen molar-refractivity contribution in [1.82, 2.24) is 0 Å². The van der Waals surface area contributed by atoms with Crippen molar-refractivity contribution < 1.29 is 19.7 Å². The van der Waals surface area contributed by atoms with Crippen molar-refractivity contribution in [3.05, 3.63) is 41.4 Å². The van der Waals surface area contributed by atoms with E-state index < -0.39 is 0 Å². The number of halogens is 1. The van der Waals surface area contributed by atoms with Gasteiger partial charge in [-0.25, -0.2) is 0 Å². The molecule has 1 heterocycles. The molecule has 1 fully saturated rings. The van der Waals surface area contributed by atoms with E-state index in [-0.39, 0.29) is 0 Å². The van der Waals surface area contributed by atoms with Gasteiger partial charge in [-0.3, -0.25) is 0 Å². The predicted octanol–water partition coefficient (Wildman–Crippen LogP) is 0.351. The van der Waals surface area contributed by atoms with Gasteiger partial charge in [0.15, 0.2) is 0 Å². The van der Waals surface area contributed by atoms with E-state index in [1.807, 2.05) is 24.3 Å². The van der Waals surface area contributed by atoms with Crippen molar-refractivity contribution in [1.29, 1.82) is 0 Å². The molecule has 0 saturated carbocycles. The predicted molar refractivity (Wildman–Crippen MR) is 92.5 cm³/mol. The average molecular weight is 337 g/mol. The summed E-state index contributed by atoms with van der Waals surface area (Å²) in [5, 5.41) is 5.22. The van der Waals surface area contributed by atoms with E-state index in [4.69, 9.17) is 21.1 Å². The summed E-state index contributed by atoms with van der Waals surface area (Å²) in [5.74, 6) is 0.776. The first kappa shape index (κ1) is 16.5. The molecule has 1 aliphatic rings. The highest BCUT2D eigenvalue weighted by Gasteiger charge is 2.13. The summed E-state index contributed by atoms with van der Waals surface area (Å²) >= 11 is 6.43. The molecule has 0 aromatic heterocycles. The number of nitrogens with two attached hydrogens (primary N) is 1. The topological polar surface area (TPSA) is 39.5 Å². The van der Waals surface area contributed by atoms with Gasteiger partial charge in [0, 0.05) is 5.39 Å². The molecular weight excluding hydrogens is 312 g/mol. The molecule has 0 amide bonds. The Hall–Kier alpha value is -1.33. The van der Waals surface area contributed by atoms with Crippen molar-refractivity contribution in [3.63, 3.8) is 0 Å². The van der Waals surface area contributed by atoms with Gasteiger partial charge in [0.2, 0.25) is 0 Å². The Morgan fingerprint density at radius 3 is 2.78 bits per heavy atom. The largest absolute Gasteiger partial charge is 0.486 e. The quantitative estimate of drug-likeness (QED) is 0.716. The zero-order valence-electron chi connectivity index (χ0n) is 13.4. The summed E-state index contributed by atoms with van der Waals surface area (Å²) in [7, 11) is 0. The SMILES string of the molecule is Clc1c(OCC[NH2+]CC[NH+]2CCOCC2)ccc2ccccc12. The second-order valence-electron chi connectivity index (χ2n) is 5.93. The van der Waals surface area contributed by atoms with Gasteiger partial charge >= 0.3 is 0 Å². The van der Waals surface area contributed by atoms with Gasteiger partial charge in [0.05, 0.1) is 18.2 Å². The first-order valence-corrected chi connectivity index (χ1v) is 8.75. The minimum atomic E-state index is 0.677. The lowest BCUT2D eigenvalue weighted by atomic mass is 10.1. The zero-order valence-corrected chi connectivity index (χ0v) is 14.1. The molecule has 0 spiro atoms. The Kier molecular flexibility index (Phi) is 6.11. The first-order valence-electron chi connectivity index (χ1n) is 8.37. The monoisotopic (exact) mass is 336 g/mol. The third-order valence-corrected chi connectivity index (χ3v) is 4.70. The second-order valence-corrected chi connectivity index (χ2v) is 6.30. The first-order chi connectivity index (χ1) is 11.3. The van der Waals surface area contributed by atoms with E-state index in [1.54, 1.807) is 4.90 Å². The highest BCUT2D eigenvalue weighted by molar-refractivity contribution is 6.37. The van der Waals surface area contributed by atoms with Crippen molar-refractivity contribution in [3.8, 4) is 5.75 Å². The van der Waals surface area contributed by atoms with Crippen LogP contribution in [0.25, 0.3) is 10.8 Å². The van der Waals surface area contributed by atoms with Crippen LogP contribution in [0.3, 0.4) is 0 Å². The fourth-order valence-corrected chi connectivity index (χ4v) is 3.23. The Morgan fingerprint density at radius 2 is 1.91 bits per heavy atom. The Bertz CT molecular complexity index is 629. The minimum absolute atomic E-state index is 0.677. The number of benzene rings is 2. The van der Waals surface area contributed by atoms with Crippen LogP contribution in [0.4, 0.5) is 0 Å². The molecule has 4 nitrogen and oxygen atoms in total. The lowest BCUT2D eigenvalue weighted by molar-refractivity contribution is -0.919. The third-order valence-electron chi connectivity index (χ3n) is 4.31. The van der Waals surface area contributed by atoms with E-state index in [0.29, 0.717) is 11.6 Å². The maximum atomic E-state index is 6.43. The number of rotatable bonds is 7. The molecule has 23 heavy (non-hydrogen) atoms. The fraction of sp³-hybridized carbons (Fsp3) is 0.444. The molecular formula is C18H25ClN2O2+2. The van der Waals surface area contributed by atoms with E-state index in [9.17, 15) is 0 Å². The van der Waals surface area contributed by atoms with Gasteiger partial charge in [0.25, 0.3) is 0 Å². The van der Waals surface area contributed by atoms with E-state index in [1.165, 1.54) is 6.54 Å². The highest BCUT2D eigenvalue weighted by Crippen LogP contribution is 2.32. The van der Waals surface area contributed by atoms with E-state index in [0.717, 1.165) is 55.9 Å². The molecule has 0 unspecified atom stereocenters. The number of quaternary nitrogens is 2. The average Bonchev–Trinajstić information content (AvgIpc) is 2.61. The minimum Gasteiger partial charge on any atom is -0.486 e. The standard InChI is InChI=1S/C18H23ClN2O2/c19-18-16-4-2-1-3-15(16)5-6-17(18)23-12-8-20-7-9-21-10-13-22-14-11-21/h1-6,20H,7-14H2/p+2. The van der Waals surface area contributed by atoms with Crippen LogP contribution in [-0.2, 0) is 4.74 Å². The van der Waals surface area contributed by atoms with Crippen molar-refractivity contribution in [2.45, 2.75) is 0 Å². The lowest BCUT2D eigenvalue weighted by Gasteiger charge is -2.22. The summed E-state index contributed by atoms with van der Waals surface area (Å²) in [6.45, 7) is 8.03. The molecule has 3 N–H and O–H groups in total. The number of ether oxygens (including phenoxy) is 2. The summed E-state index contributed by atoms with van der Waals surface area (Å²) < 4.78 is 11.2. The molecule has 0 atom stereocenters. The molecule has 124 valence electrons. The molecule has 5 heteroatoms. The van der Waals surface area contributed by atoms with Crippen LogP contribution in [-0.4, -0.2) is 52.5 Å². The smallest absolute Gasteiger partial charge is 0.138 e. The fourth-order valence-electron chi connectivity index (χ4n) is 2.94. The van der Waals surface area contributed by atoms with E-state index >= 15 is 0 Å². The van der Waals surface area contributed by atoms with Gasteiger partial charge in [-0.15, -0.1) is 0 Å². The van der Waals surface area contributed by atoms with E-state index in [2.05, 4.69) is 17.4 Å². The van der Waals surface area contributed by atoms with Crippen LogP contribution in [0, 0.1) is 0 Å². The number of fused-ring (bicyclic) bond motifs is 1. The van der Waals surface area contributed by atoms with Gasteiger partial charge in [0.1, 0.15) is 45.1 Å². The van der Waals surface area contributed by atoms with Gasteiger partial charge in [-0.2, -0.15) is 0 Å². The maximum absolute atomic E-state index is 6.43. The summed E-state index contributed by atoms with van der Waals surface area (Å²) in [5.41, 5.74) is 0. The summed E-state index contributed by atoms with van der Waals surface area (Å²) in [4.78, 5) is 1.64. The van der Waals surface area contributed by atoms with Gasteiger partial charge in [-0.05, 0) is 11.5 Å². The number of nitrogens with one attached hydrogen (secondary N) is 1. The summed E-state index contributed by atoms with van der Waals surface area (Å²) in [6.07, 6.45) is 0. The number of hydrogen-bond donors (Lipinski definition) is 2. The van der Waals surface area contributed by atoms with Gasteiger partial charge in [-0.1, -0.05) is 41.9 Å². The highest BCUT2D eigenvalue weighted by atomic mass is 35.5. The Balaban J connectivity index is 1.39. The second kappa shape index (κ2) is 8.50. The van der Waals surface area contributed by atoms with Crippen LogP contribution in [0.5, 0.6) is 5.75 Å². The number of morpholine rings is 1. The van der Waals surface area contributed by atoms with Crippen molar-refractivity contribution in [2.24, 2.45) is 0 Å². The van der Waals surface area contributed by atoms with Crippen LogP contribution in [0.1, 0.15) is 0 Å². The van der Waals surface area contributed by atoms with Crippen LogP contribution in [0.2, 0.25) is 5.02 Å². The molecule has 3 rings (SSSR count). The van der Waals surface area contributed by atoms with Crippen molar-refractivity contribution >= 4 is 22.4 Å². The summed E-state index contributed by atoms with van der Waals surface area (Å²) in [6, 6.07) is 12.1. The Morgan fingerprint density at radius 1 is 1.09 bits per heavy atom. The van der Waals surface area contributed by atoms with Crippen LogP contribution >= 0.6 is 11.6 Å². The molecule has 2 aromatic rings. The lowest BCUT2D eigenvalue weighted by Crippen LogP contribution is -3.16. The molecule has 1 saturated heterocycles. The van der Waals surface area contributed by atoms with Gasteiger partial charge < -0.3 is 19.7 Å². The van der Waals surface area contributed by atoms with Crippen molar-refractivity contribution in [2.75, 3.05) is 52.5 Å². The third kappa shape index (κ3) is 4.58. The zero-order chi connectivity index (χ0) is 15.9. The normalized spacial score (nSPS) is 15.9. The van der Waals surface area contributed by atoms with Crippen LogP contribution < -0.4 is 15.0 Å². The molecule has 0 radical (unpaired) electrons. The Labute approximate surface area is 142 Å². The molecule has 0 bridgehead atoms. The molecule has 2 aromatic carbocycles. The molecule has 0 aliphatic carbocycles. The van der Waals surface area contributed by atoms with Crippen LogP contribution in [0.15, 0.2) is 36.4 Å². The maximum Gasteiger partial charge on any atom is 0.138 e. The molecule has 1 aliphatic heterocycles.